The highest BCUT2D eigenvalue weighted by Crippen LogP contribution is 2.23. The van der Waals surface area contributed by atoms with Gasteiger partial charge in [0, 0.05) is 36.5 Å². The predicted molar refractivity (Wildman–Crippen MR) is 110 cm³/mol. The highest BCUT2D eigenvalue weighted by molar-refractivity contribution is 5.88. The molecule has 2 amide bonds. The molecule has 2 aromatic rings. The summed E-state index contributed by atoms with van der Waals surface area (Å²) in [6.07, 6.45) is 6.45. The Bertz CT molecular complexity index is 876. The molecule has 0 saturated heterocycles. The van der Waals surface area contributed by atoms with Crippen molar-refractivity contribution in [2.45, 2.75) is 58.0 Å². The molecule has 3 rings (SSSR count). The van der Waals surface area contributed by atoms with Gasteiger partial charge in [0.1, 0.15) is 6.04 Å². The highest BCUT2D eigenvalue weighted by Gasteiger charge is 2.26. The number of carbonyl (C=O) groups excluding carboxylic acids is 3. The number of carbonyl (C=O) groups is 3. The monoisotopic (exact) mass is 399 g/mol. The van der Waals surface area contributed by atoms with Gasteiger partial charge in [0.25, 0.3) is 5.91 Å². The third-order valence-electron chi connectivity index (χ3n) is 5.56. The van der Waals surface area contributed by atoms with Crippen molar-refractivity contribution >= 4 is 28.7 Å². The second-order valence-corrected chi connectivity index (χ2v) is 7.86. The molecule has 1 fully saturated rings. The number of esters is 1. The van der Waals surface area contributed by atoms with Crippen molar-refractivity contribution in [3.63, 3.8) is 0 Å². The van der Waals surface area contributed by atoms with E-state index >= 15 is 0 Å². The first-order valence-corrected chi connectivity index (χ1v) is 10.2. The van der Waals surface area contributed by atoms with E-state index in [1.165, 1.54) is 13.3 Å². The van der Waals surface area contributed by atoms with Gasteiger partial charge in [-0.3, -0.25) is 9.59 Å². The molecule has 3 N–H and O–H groups in total. The average molecular weight is 399 g/mol. The van der Waals surface area contributed by atoms with Gasteiger partial charge >= 0.3 is 5.97 Å². The Balaban J connectivity index is 1.58. The van der Waals surface area contributed by atoms with Crippen molar-refractivity contribution in [2.75, 3.05) is 6.61 Å². The fourth-order valence-corrected chi connectivity index (χ4v) is 3.98. The Morgan fingerprint density at radius 3 is 2.72 bits per heavy atom. The molecular formula is C22H29N3O4. The zero-order valence-corrected chi connectivity index (χ0v) is 17.0. The van der Waals surface area contributed by atoms with Gasteiger partial charge < -0.3 is 20.4 Å². The normalized spacial score (nSPS) is 20.1. The fraction of sp³-hybridized carbons (Fsp3) is 0.500. The van der Waals surface area contributed by atoms with Gasteiger partial charge in [0.05, 0.1) is 0 Å². The number of rotatable bonds is 7. The van der Waals surface area contributed by atoms with Gasteiger partial charge in [0.2, 0.25) is 5.91 Å². The smallest absolute Gasteiger partial charge is 0.329 e. The van der Waals surface area contributed by atoms with Crippen molar-refractivity contribution in [1.29, 1.82) is 0 Å². The third kappa shape index (κ3) is 5.59. The number of aromatic amines is 1. The first-order valence-electron chi connectivity index (χ1n) is 10.2. The van der Waals surface area contributed by atoms with Gasteiger partial charge in [-0.2, -0.15) is 0 Å². The summed E-state index contributed by atoms with van der Waals surface area (Å²) in [6, 6.07) is 7.02. The van der Waals surface area contributed by atoms with E-state index in [9.17, 15) is 14.4 Å². The Morgan fingerprint density at radius 1 is 1.21 bits per heavy atom. The molecule has 1 aliphatic rings. The van der Waals surface area contributed by atoms with E-state index in [1.807, 2.05) is 30.5 Å². The molecule has 1 aliphatic carbocycles. The topological polar surface area (TPSA) is 100 Å². The lowest BCUT2D eigenvalue weighted by molar-refractivity contribution is -0.151. The molecule has 3 atom stereocenters. The summed E-state index contributed by atoms with van der Waals surface area (Å²) in [4.78, 5) is 39.5. The van der Waals surface area contributed by atoms with E-state index in [0.717, 1.165) is 35.7 Å². The largest absolute Gasteiger partial charge is 0.454 e. The molecule has 0 radical (unpaired) electrons. The summed E-state index contributed by atoms with van der Waals surface area (Å²) in [7, 11) is 0. The number of aromatic nitrogens is 1. The number of nitrogens with one attached hydrogen (secondary N) is 3. The van der Waals surface area contributed by atoms with Crippen molar-refractivity contribution in [1.82, 2.24) is 15.6 Å². The first-order chi connectivity index (χ1) is 13.9. The van der Waals surface area contributed by atoms with Crippen LogP contribution >= 0.6 is 0 Å². The maximum absolute atomic E-state index is 12.6. The second kappa shape index (κ2) is 9.58. The minimum Gasteiger partial charge on any atom is -0.454 e. The van der Waals surface area contributed by atoms with Crippen molar-refractivity contribution < 1.29 is 19.1 Å². The highest BCUT2D eigenvalue weighted by atomic mass is 16.5. The average Bonchev–Trinajstić information content (AvgIpc) is 3.10. The molecule has 29 heavy (non-hydrogen) atoms. The molecule has 7 nitrogen and oxygen atoms in total. The van der Waals surface area contributed by atoms with Gasteiger partial charge in [-0.1, -0.05) is 38.0 Å². The van der Waals surface area contributed by atoms with E-state index in [0.29, 0.717) is 5.92 Å². The van der Waals surface area contributed by atoms with Crippen LogP contribution in [-0.4, -0.2) is 41.5 Å². The Kier molecular flexibility index (Phi) is 6.90. The summed E-state index contributed by atoms with van der Waals surface area (Å²) in [5.41, 5.74) is 1.86. The number of H-pyrrole nitrogens is 1. The molecule has 1 aromatic heterocycles. The van der Waals surface area contributed by atoms with Crippen molar-refractivity contribution in [3.8, 4) is 0 Å². The van der Waals surface area contributed by atoms with E-state index in [-0.39, 0.29) is 30.9 Å². The molecular weight excluding hydrogens is 370 g/mol. The van der Waals surface area contributed by atoms with Crippen LogP contribution in [0.3, 0.4) is 0 Å². The molecule has 1 saturated carbocycles. The quantitative estimate of drug-likeness (QED) is 0.623. The number of hydrogen-bond donors (Lipinski definition) is 3. The van der Waals surface area contributed by atoms with Crippen LogP contribution in [0.25, 0.3) is 10.9 Å². The Hall–Kier alpha value is -2.83. The van der Waals surface area contributed by atoms with E-state index in [1.54, 1.807) is 0 Å². The molecule has 0 bridgehead atoms. The standard InChI is InChI=1S/C22H29N3O4/c1-14-7-3-5-9-18(14)25-21(27)13-29-22(28)20(24-15(2)26)11-16-12-23-19-10-6-4-8-17(16)19/h4,6,8,10,12,14,18,20,23H,3,5,7,9,11,13H2,1-2H3,(H,24,26)(H,25,27)/t14-,18+,20-/m0/s1. The van der Waals surface area contributed by atoms with Crippen LogP contribution in [0, 0.1) is 5.92 Å². The molecule has 0 aliphatic heterocycles. The van der Waals surface area contributed by atoms with Crippen LogP contribution in [0.1, 0.15) is 45.1 Å². The third-order valence-corrected chi connectivity index (χ3v) is 5.56. The zero-order chi connectivity index (χ0) is 20.8. The molecule has 1 heterocycles. The first kappa shape index (κ1) is 20.9. The number of fused-ring (bicyclic) bond motifs is 1. The molecule has 1 aromatic carbocycles. The van der Waals surface area contributed by atoms with E-state index in [2.05, 4.69) is 22.5 Å². The number of para-hydroxylation sites is 1. The van der Waals surface area contributed by atoms with Gasteiger partial charge in [-0.15, -0.1) is 0 Å². The van der Waals surface area contributed by atoms with Gasteiger partial charge in [-0.25, -0.2) is 4.79 Å². The van der Waals surface area contributed by atoms with Crippen LogP contribution < -0.4 is 10.6 Å². The maximum atomic E-state index is 12.6. The molecule has 7 heteroatoms. The number of benzene rings is 1. The predicted octanol–water partition coefficient (Wildman–Crippen LogP) is 2.45. The lowest BCUT2D eigenvalue weighted by atomic mass is 9.86. The Morgan fingerprint density at radius 2 is 1.97 bits per heavy atom. The summed E-state index contributed by atoms with van der Waals surface area (Å²) in [5.74, 6) is -0.812. The lowest BCUT2D eigenvalue weighted by Gasteiger charge is -2.29. The zero-order valence-electron chi connectivity index (χ0n) is 17.0. The van der Waals surface area contributed by atoms with Crippen LogP contribution in [0.2, 0.25) is 0 Å². The number of amides is 2. The number of ether oxygens (including phenoxy) is 1. The van der Waals surface area contributed by atoms with Crippen LogP contribution in [0.15, 0.2) is 30.5 Å². The molecule has 0 spiro atoms. The Labute approximate surface area is 170 Å². The maximum Gasteiger partial charge on any atom is 0.329 e. The fourth-order valence-electron chi connectivity index (χ4n) is 3.98. The summed E-state index contributed by atoms with van der Waals surface area (Å²) in [5, 5.41) is 6.59. The summed E-state index contributed by atoms with van der Waals surface area (Å²) < 4.78 is 5.23. The van der Waals surface area contributed by atoms with E-state index in [4.69, 9.17) is 4.74 Å². The minimum absolute atomic E-state index is 0.132. The SMILES string of the molecule is CC(=O)N[C@@H](Cc1c[nH]c2ccccc12)C(=O)OCC(=O)N[C@@H]1CCCC[C@@H]1C. The van der Waals surface area contributed by atoms with Crippen molar-refractivity contribution in [3.05, 3.63) is 36.0 Å². The van der Waals surface area contributed by atoms with E-state index < -0.39 is 12.0 Å². The summed E-state index contributed by atoms with van der Waals surface area (Å²) >= 11 is 0. The number of hydrogen-bond acceptors (Lipinski definition) is 4. The van der Waals surface area contributed by atoms with Gasteiger partial charge in [-0.05, 0) is 30.4 Å². The molecule has 0 unspecified atom stereocenters. The summed E-state index contributed by atoms with van der Waals surface area (Å²) in [6.45, 7) is 3.14. The van der Waals surface area contributed by atoms with Crippen LogP contribution in [-0.2, 0) is 25.5 Å². The lowest BCUT2D eigenvalue weighted by Crippen LogP contribution is -2.45. The van der Waals surface area contributed by atoms with Crippen molar-refractivity contribution in [2.24, 2.45) is 5.92 Å². The van der Waals surface area contributed by atoms with Crippen LogP contribution in [0.4, 0.5) is 0 Å². The molecule has 156 valence electrons. The van der Waals surface area contributed by atoms with Gasteiger partial charge in [0.15, 0.2) is 6.61 Å². The minimum atomic E-state index is -0.854. The second-order valence-electron chi connectivity index (χ2n) is 7.86. The van der Waals surface area contributed by atoms with Crippen LogP contribution in [0.5, 0.6) is 0 Å².